The number of unbranched alkanes of at least 4 members (excludes halogenated alkanes) is 3. The van der Waals surface area contributed by atoms with Crippen molar-refractivity contribution in [2.75, 3.05) is 12.4 Å². The number of hydrogen-bond donors (Lipinski definition) is 1. The summed E-state index contributed by atoms with van der Waals surface area (Å²) in [6.45, 7) is 3.79. The molecule has 1 aliphatic rings. The molecule has 0 saturated heterocycles. The van der Waals surface area contributed by atoms with Gasteiger partial charge >= 0.3 is 6.18 Å². The van der Waals surface area contributed by atoms with Gasteiger partial charge in [0.15, 0.2) is 5.78 Å². The van der Waals surface area contributed by atoms with Crippen LogP contribution < -0.4 is 5.32 Å². The second kappa shape index (κ2) is 11.0. The SMILES string of the molecule is C=C(Cc1cccc(C(F)(F)F)c1)C(=O)CCCCCCC1C=Nc2c(NC)cc(Cl)cc21. The Labute approximate surface area is 197 Å². The number of nitrogens with zero attached hydrogens (tertiary/aromatic N) is 1. The fourth-order valence-corrected chi connectivity index (χ4v) is 4.32. The monoisotopic (exact) mass is 476 g/mol. The van der Waals surface area contributed by atoms with Crippen molar-refractivity contribution in [3.63, 3.8) is 0 Å². The quantitative estimate of drug-likeness (QED) is 0.264. The van der Waals surface area contributed by atoms with Gasteiger partial charge in [-0.15, -0.1) is 0 Å². The molecule has 1 aliphatic heterocycles. The van der Waals surface area contributed by atoms with E-state index < -0.39 is 11.7 Å². The van der Waals surface area contributed by atoms with E-state index >= 15 is 0 Å². The van der Waals surface area contributed by atoms with Gasteiger partial charge in [-0.05, 0) is 47.7 Å². The van der Waals surface area contributed by atoms with E-state index in [2.05, 4.69) is 16.9 Å². The maximum Gasteiger partial charge on any atom is 0.416 e. The van der Waals surface area contributed by atoms with Crippen LogP contribution in [-0.4, -0.2) is 19.0 Å². The van der Waals surface area contributed by atoms with Crippen LogP contribution in [0.25, 0.3) is 0 Å². The molecule has 0 aromatic heterocycles. The second-order valence-corrected chi connectivity index (χ2v) is 8.82. The molecule has 1 atom stereocenters. The third-order valence-electron chi connectivity index (χ3n) is 5.89. The maximum atomic E-state index is 12.9. The highest BCUT2D eigenvalue weighted by Crippen LogP contribution is 2.42. The lowest BCUT2D eigenvalue weighted by atomic mass is 9.93. The molecule has 2 aromatic carbocycles. The molecule has 0 saturated carbocycles. The number of fused-ring (bicyclic) bond motifs is 1. The van der Waals surface area contributed by atoms with Crippen molar-refractivity contribution in [3.8, 4) is 0 Å². The first-order valence-electron chi connectivity index (χ1n) is 11.1. The number of rotatable bonds is 11. The smallest absolute Gasteiger partial charge is 0.386 e. The Kier molecular flexibility index (Phi) is 8.35. The van der Waals surface area contributed by atoms with Crippen LogP contribution in [0.1, 0.15) is 61.1 Å². The number of Topliss-reactive ketones (excluding diaryl/α,β-unsaturated/α-hetero) is 1. The van der Waals surface area contributed by atoms with Crippen molar-refractivity contribution >= 4 is 35.0 Å². The molecule has 7 heteroatoms. The van der Waals surface area contributed by atoms with Crippen LogP contribution in [0.3, 0.4) is 0 Å². The maximum absolute atomic E-state index is 12.9. The van der Waals surface area contributed by atoms with Crippen molar-refractivity contribution in [1.29, 1.82) is 0 Å². The summed E-state index contributed by atoms with van der Waals surface area (Å²) >= 11 is 6.22. The number of ketones is 1. The third-order valence-corrected chi connectivity index (χ3v) is 6.11. The zero-order chi connectivity index (χ0) is 24.0. The Balaban J connectivity index is 1.38. The highest BCUT2D eigenvalue weighted by atomic mass is 35.5. The van der Waals surface area contributed by atoms with Gasteiger partial charge in [0.05, 0.1) is 16.9 Å². The van der Waals surface area contributed by atoms with Gasteiger partial charge in [-0.25, -0.2) is 0 Å². The topological polar surface area (TPSA) is 41.5 Å². The number of aliphatic imine (C=N–C) groups is 1. The van der Waals surface area contributed by atoms with Gasteiger partial charge in [-0.2, -0.15) is 13.2 Å². The van der Waals surface area contributed by atoms with Crippen molar-refractivity contribution in [2.45, 2.75) is 57.0 Å². The zero-order valence-electron chi connectivity index (χ0n) is 18.6. The van der Waals surface area contributed by atoms with E-state index in [0.29, 0.717) is 22.6 Å². The number of nitrogens with one attached hydrogen (secondary N) is 1. The van der Waals surface area contributed by atoms with Gasteiger partial charge in [0.2, 0.25) is 0 Å². The second-order valence-electron chi connectivity index (χ2n) is 8.38. The number of carbonyl (C=O) groups is 1. The van der Waals surface area contributed by atoms with Crippen molar-refractivity contribution in [1.82, 2.24) is 0 Å². The molecule has 1 N–H and O–H groups in total. The molecule has 0 spiro atoms. The molecule has 3 nitrogen and oxygen atoms in total. The normalized spacial score (nSPS) is 14.9. The minimum atomic E-state index is -4.39. The average Bonchev–Trinajstić information content (AvgIpc) is 3.17. The summed E-state index contributed by atoms with van der Waals surface area (Å²) in [4.78, 5) is 16.9. The van der Waals surface area contributed by atoms with Crippen LogP contribution in [0.15, 0.2) is 53.5 Å². The van der Waals surface area contributed by atoms with Gasteiger partial charge in [-0.3, -0.25) is 9.79 Å². The van der Waals surface area contributed by atoms with Crippen LogP contribution in [0, 0.1) is 0 Å². The molecule has 0 amide bonds. The molecule has 176 valence electrons. The fraction of sp³-hybridized carbons (Fsp3) is 0.385. The number of allylic oxidation sites excluding steroid dienone is 1. The largest absolute Gasteiger partial charge is 0.416 e. The Morgan fingerprint density at radius 1 is 1.15 bits per heavy atom. The van der Waals surface area contributed by atoms with E-state index in [4.69, 9.17) is 11.6 Å². The summed E-state index contributed by atoms with van der Waals surface area (Å²) in [5, 5.41) is 3.82. The van der Waals surface area contributed by atoms with Crippen LogP contribution >= 0.6 is 11.6 Å². The van der Waals surface area contributed by atoms with E-state index in [0.717, 1.165) is 61.2 Å². The number of carbonyl (C=O) groups excluding carboxylic acids is 1. The molecule has 33 heavy (non-hydrogen) atoms. The molecule has 3 rings (SSSR count). The molecule has 0 fully saturated rings. The molecular weight excluding hydrogens is 449 g/mol. The van der Waals surface area contributed by atoms with Gasteiger partial charge in [0.25, 0.3) is 0 Å². The lowest BCUT2D eigenvalue weighted by molar-refractivity contribution is -0.137. The Morgan fingerprint density at radius 2 is 1.91 bits per heavy atom. The van der Waals surface area contributed by atoms with Crippen molar-refractivity contribution in [3.05, 3.63) is 70.3 Å². The summed E-state index contributed by atoms with van der Waals surface area (Å²) in [6.07, 6.45) is 2.72. The third kappa shape index (κ3) is 6.70. The number of halogens is 4. The van der Waals surface area contributed by atoms with Gasteiger partial charge in [0, 0.05) is 37.0 Å². The molecule has 2 aromatic rings. The lowest BCUT2D eigenvalue weighted by Crippen LogP contribution is -2.07. The molecule has 1 heterocycles. The fourth-order valence-electron chi connectivity index (χ4n) is 4.10. The summed E-state index contributed by atoms with van der Waals surface area (Å²) in [6, 6.07) is 8.90. The van der Waals surface area contributed by atoms with E-state index in [-0.39, 0.29) is 18.1 Å². The minimum absolute atomic E-state index is 0.0847. The summed E-state index contributed by atoms with van der Waals surface area (Å²) in [7, 11) is 1.85. The standard InChI is InChI=1S/C26H28ClF3N2O/c1-17(12-18-8-7-10-20(13-18)26(28,29)30)24(33)11-6-4-3-5-9-19-16-32-25-22(19)14-21(27)15-23(25)31-2/h7-8,10,13-16,19,31H,1,3-6,9,11-12H2,2H3. The molecule has 1 unspecified atom stereocenters. The summed E-state index contributed by atoms with van der Waals surface area (Å²) in [5.41, 5.74) is 3.12. The average molecular weight is 477 g/mol. The van der Waals surface area contributed by atoms with Gasteiger partial charge in [-0.1, -0.05) is 55.6 Å². The first kappa shape index (κ1) is 25.0. The molecule has 0 aliphatic carbocycles. The van der Waals surface area contributed by atoms with E-state index in [9.17, 15) is 18.0 Å². The van der Waals surface area contributed by atoms with Gasteiger partial charge < -0.3 is 5.32 Å². The van der Waals surface area contributed by atoms with E-state index in [1.54, 1.807) is 6.07 Å². The Bertz CT molecular complexity index is 1050. The predicted octanol–water partition coefficient (Wildman–Crippen LogP) is 7.91. The molecular formula is C26H28ClF3N2O. The van der Waals surface area contributed by atoms with Crippen molar-refractivity contribution < 1.29 is 18.0 Å². The minimum Gasteiger partial charge on any atom is -0.386 e. The van der Waals surface area contributed by atoms with Crippen molar-refractivity contribution in [2.24, 2.45) is 4.99 Å². The summed E-state index contributed by atoms with van der Waals surface area (Å²) in [5.74, 6) is 0.165. The first-order chi connectivity index (χ1) is 15.7. The lowest BCUT2D eigenvalue weighted by Gasteiger charge is -2.12. The van der Waals surface area contributed by atoms with Crippen LogP contribution in [0.2, 0.25) is 5.02 Å². The number of alkyl halides is 3. The first-order valence-corrected chi connectivity index (χ1v) is 11.5. The van der Waals surface area contributed by atoms with Crippen LogP contribution in [-0.2, 0) is 17.4 Å². The molecule has 0 bridgehead atoms. The summed E-state index contributed by atoms with van der Waals surface area (Å²) < 4.78 is 38.6. The van der Waals surface area contributed by atoms with E-state index in [1.165, 1.54) is 6.07 Å². The number of hydrogen-bond acceptors (Lipinski definition) is 3. The highest BCUT2D eigenvalue weighted by Gasteiger charge is 2.30. The van der Waals surface area contributed by atoms with Crippen LogP contribution in [0.5, 0.6) is 0 Å². The highest BCUT2D eigenvalue weighted by molar-refractivity contribution is 6.31. The Morgan fingerprint density at radius 3 is 2.64 bits per heavy atom. The zero-order valence-corrected chi connectivity index (χ0v) is 19.4. The van der Waals surface area contributed by atoms with Crippen LogP contribution in [0.4, 0.5) is 24.5 Å². The molecule has 0 radical (unpaired) electrons. The van der Waals surface area contributed by atoms with E-state index in [1.807, 2.05) is 25.4 Å². The Hall–Kier alpha value is -2.60. The number of benzene rings is 2. The van der Waals surface area contributed by atoms with Gasteiger partial charge in [0.1, 0.15) is 0 Å². The predicted molar refractivity (Wildman–Crippen MR) is 129 cm³/mol. The number of anilines is 1.